The van der Waals surface area contributed by atoms with Crippen LogP contribution >= 0.6 is 45.8 Å². The first kappa shape index (κ1) is 20.1. The van der Waals surface area contributed by atoms with Gasteiger partial charge >= 0.3 is 0 Å². The standard InChI is InChI=1S/C18H22ClIN6OS/c1-10-8-26(9-11(2)27-10)6-5-21-13-7-14(24-20)23-16-15(19)17(28-18(13)16)12-3-4-22-25-12/h3-4,7,10-11H,5-6,8-9H2,1-2H3,(H,22,25)(H2,21,23,24)/t10-,11-/m1/s1. The highest BCUT2D eigenvalue weighted by Gasteiger charge is 2.22. The topological polar surface area (TPSA) is 78.1 Å². The van der Waals surface area contributed by atoms with Crippen molar-refractivity contribution < 1.29 is 4.74 Å². The summed E-state index contributed by atoms with van der Waals surface area (Å²) in [6.45, 7) is 7.99. The Morgan fingerprint density at radius 2 is 2.18 bits per heavy atom. The predicted molar refractivity (Wildman–Crippen MR) is 125 cm³/mol. The number of halogens is 2. The number of nitrogens with zero attached hydrogens (tertiary/aromatic N) is 3. The summed E-state index contributed by atoms with van der Waals surface area (Å²) in [6, 6.07) is 3.95. The van der Waals surface area contributed by atoms with Crippen molar-refractivity contribution in [2.75, 3.05) is 35.0 Å². The molecule has 3 aromatic heterocycles. The molecule has 0 aliphatic carbocycles. The molecule has 0 amide bonds. The number of thiophene rings is 1. The number of H-pyrrole nitrogens is 1. The molecule has 0 spiro atoms. The highest BCUT2D eigenvalue weighted by molar-refractivity contribution is 14.1. The molecule has 0 aromatic carbocycles. The number of rotatable bonds is 6. The zero-order valence-corrected chi connectivity index (χ0v) is 19.4. The Morgan fingerprint density at radius 3 is 2.86 bits per heavy atom. The predicted octanol–water partition coefficient (Wildman–Crippen LogP) is 4.62. The molecule has 0 bridgehead atoms. The first-order chi connectivity index (χ1) is 13.5. The quantitative estimate of drug-likeness (QED) is 0.318. The van der Waals surface area contributed by atoms with Crippen LogP contribution in [0.4, 0.5) is 11.5 Å². The van der Waals surface area contributed by atoms with Crippen LogP contribution in [0, 0.1) is 0 Å². The Bertz CT molecular complexity index is 939. The van der Waals surface area contributed by atoms with Gasteiger partial charge in [0.1, 0.15) is 11.3 Å². The van der Waals surface area contributed by atoms with Crippen molar-refractivity contribution in [3.05, 3.63) is 23.4 Å². The molecular formula is C18H22ClIN6OS. The second-order valence-corrected chi connectivity index (χ2v) is 8.92. The third-order valence-electron chi connectivity index (χ3n) is 4.67. The average molecular weight is 533 g/mol. The molecule has 1 saturated heterocycles. The average Bonchev–Trinajstić information content (AvgIpc) is 3.29. The molecule has 1 aliphatic heterocycles. The van der Waals surface area contributed by atoms with Crippen molar-refractivity contribution in [1.82, 2.24) is 20.1 Å². The zero-order chi connectivity index (χ0) is 19.7. The van der Waals surface area contributed by atoms with Crippen LogP contribution in [0.3, 0.4) is 0 Å². The molecule has 0 radical (unpaired) electrons. The number of aromatic nitrogens is 3. The van der Waals surface area contributed by atoms with Gasteiger partial charge in [0.25, 0.3) is 0 Å². The molecule has 1 aliphatic rings. The summed E-state index contributed by atoms with van der Waals surface area (Å²) in [5, 5.41) is 11.3. The van der Waals surface area contributed by atoms with Crippen molar-refractivity contribution in [2.24, 2.45) is 0 Å². The highest BCUT2D eigenvalue weighted by atomic mass is 127. The largest absolute Gasteiger partial charge is 0.382 e. The van der Waals surface area contributed by atoms with Crippen LogP contribution in [0.5, 0.6) is 0 Å². The van der Waals surface area contributed by atoms with Gasteiger partial charge < -0.3 is 13.6 Å². The van der Waals surface area contributed by atoms with E-state index in [9.17, 15) is 0 Å². The molecule has 28 heavy (non-hydrogen) atoms. The fourth-order valence-corrected chi connectivity index (χ4v) is 5.38. The highest BCUT2D eigenvalue weighted by Crippen LogP contribution is 2.44. The van der Waals surface area contributed by atoms with Crippen molar-refractivity contribution >= 4 is 67.5 Å². The fourth-order valence-electron chi connectivity index (χ4n) is 3.59. The van der Waals surface area contributed by atoms with Crippen molar-refractivity contribution in [2.45, 2.75) is 26.1 Å². The minimum atomic E-state index is 0.277. The van der Waals surface area contributed by atoms with Crippen LogP contribution in [-0.2, 0) is 4.74 Å². The Kier molecular flexibility index (Phi) is 6.26. The van der Waals surface area contributed by atoms with E-state index in [2.05, 4.69) is 65.6 Å². The van der Waals surface area contributed by atoms with Crippen LogP contribution in [-0.4, -0.2) is 58.5 Å². The molecule has 0 saturated carbocycles. The van der Waals surface area contributed by atoms with E-state index >= 15 is 0 Å². The van der Waals surface area contributed by atoms with Crippen molar-refractivity contribution in [3.63, 3.8) is 0 Å². The van der Waals surface area contributed by atoms with E-state index in [1.54, 1.807) is 17.5 Å². The summed E-state index contributed by atoms with van der Waals surface area (Å²) in [5.74, 6) is 0.778. The lowest BCUT2D eigenvalue weighted by Gasteiger charge is -2.35. The number of nitrogens with one attached hydrogen (secondary N) is 3. The van der Waals surface area contributed by atoms with Gasteiger partial charge in [0.2, 0.25) is 0 Å². The molecule has 3 N–H and O–H groups in total. The first-order valence-corrected chi connectivity index (χ1v) is 11.4. The van der Waals surface area contributed by atoms with Gasteiger partial charge in [-0.05, 0) is 19.9 Å². The van der Waals surface area contributed by atoms with E-state index in [1.165, 1.54) is 0 Å². The number of fused-ring (bicyclic) bond motifs is 1. The molecule has 150 valence electrons. The van der Waals surface area contributed by atoms with Gasteiger partial charge in [0.05, 0.1) is 61.1 Å². The molecule has 4 rings (SSSR count). The Balaban J connectivity index is 1.56. The van der Waals surface area contributed by atoms with E-state index < -0.39 is 0 Å². The number of anilines is 2. The number of hydrogen-bond donors (Lipinski definition) is 3. The summed E-state index contributed by atoms with van der Waals surface area (Å²) in [5.41, 5.74) is 2.74. The third-order valence-corrected chi connectivity index (χ3v) is 6.94. The van der Waals surface area contributed by atoms with E-state index in [4.69, 9.17) is 16.3 Å². The van der Waals surface area contributed by atoms with E-state index in [1.807, 2.05) is 12.1 Å². The maximum absolute atomic E-state index is 6.66. The van der Waals surface area contributed by atoms with Gasteiger partial charge in [-0.2, -0.15) is 5.10 Å². The SMILES string of the molecule is C[C@@H]1CN(CCNc2cc(NI)nc3c(Cl)c(-c4ccn[nH]4)sc23)C[C@@H](C)O1. The lowest BCUT2D eigenvalue weighted by atomic mass is 10.2. The second-order valence-electron chi connectivity index (χ2n) is 6.99. The summed E-state index contributed by atoms with van der Waals surface area (Å²) < 4.78 is 9.97. The number of hydrogen-bond acceptors (Lipinski definition) is 7. The molecule has 0 unspecified atom stereocenters. The number of pyridine rings is 1. The first-order valence-electron chi connectivity index (χ1n) is 9.16. The second kappa shape index (κ2) is 8.70. The fraction of sp³-hybridized carbons (Fsp3) is 0.444. The normalized spacial score (nSPS) is 20.6. The van der Waals surface area contributed by atoms with E-state index in [-0.39, 0.29) is 12.2 Å². The Morgan fingerprint density at radius 1 is 1.39 bits per heavy atom. The molecule has 7 nitrogen and oxygen atoms in total. The molecule has 3 aromatic rings. The van der Waals surface area contributed by atoms with Gasteiger partial charge in [-0.1, -0.05) is 11.6 Å². The molecular weight excluding hydrogens is 511 g/mol. The smallest absolute Gasteiger partial charge is 0.137 e. The van der Waals surface area contributed by atoms with Gasteiger partial charge in [0, 0.05) is 38.4 Å². The van der Waals surface area contributed by atoms with Crippen LogP contribution in [0.15, 0.2) is 18.3 Å². The number of aromatic amines is 1. The van der Waals surface area contributed by atoms with Gasteiger partial charge in [-0.15, -0.1) is 11.3 Å². The maximum atomic E-state index is 6.66. The lowest BCUT2D eigenvalue weighted by Crippen LogP contribution is -2.46. The van der Waals surface area contributed by atoms with E-state index in [0.717, 1.165) is 58.5 Å². The molecule has 1 fully saturated rings. The minimum absolute atomic E-state index is 0.277. The third kappa shape index (κ3) is 4.23. The van der Waals surface area contributed by atoms with Crippen LogP contribution in [0.1, 0.15) is 13.8 Å². The van der Waals surface area contributed by atoms with Crippen LogP contribution in [0.25, 0.3) is 20.8 Å². The van der Waals surface area contributed by atoms with Crippen LogP contribution in [0.2, 0.25) is 5.02 Å². The Hall–Kier alpha value is -1.14. The van der Waals surface area contributed by atoms with Crippen molar-refractivity contribution in [3.8, 4) is 10.6 Å². The van der Waals surface area contributed by atoms with E-state index in [0.29, 0.717) is 5.02 Å². The molecule has 4 heterocycles. The van der Waals surface area contributed by atoms with Gasteiger partial charge in [-0.25, -0.2) is 4.98 Å². The monoisotopic (exact) mass is 532 g/mol. The Labute approximate surface area is 186 Å². The van der Waals surface area contributed by atoms with Gasteiger partial charge in [0.15, 0.2) is 0 Å². The maximum Gasteiger partial charge on any atom is 0.137 e. The summed E-state index contributed by atoms with van der Waals surface area (Å²) in [7, 11) is 0. The zero-order valence-electron chi connectivity index (χ0n) is 15.6. The number of ether oxygens (including phenoxy) is 1. The van der Waals surface area contributed by atoms with Crippen molar-refractivity contribution in [1.29, 1.82) is 0 Å². The summed E-state index contributed by atoms with van der Waals surface area (Å²) >= 11 is 10.4. The molecule has 2 atom stereocenters. The minimum Gasteiger partial charge on any atom is -0.382 e. The summed E-state index contributed by atoms with van der Waals surface area (Å²) in [4.78, 5) is 8.05. The summed E-state index contributed by atoms with van der Waals surface area (Å²) in [6.07, 6.45) is 2.28. The lowest BCUT2D eigenvalue weighted by molar-refractivity contribution is -0.0667. The molecule has 10 heteroatoms. The van der Waals surface area contributed by atoms with Crippen LogP contribution < -0.4 is 8.85 Å². The number of morpholine rings is 1. The van der Waals surface area contributed by atoms with Gasteiger partial charge in [-0.3, -0.25) is 10.00 Å².